The summed E-state index contributed by atoms with van der Waals surface area (Å²) < 4.78 is 5.19. The maximum Gasteiger partial charge on any atom is 0.225 e. The summed E-state index contributed by atoms with van der Waals surface area (Å²) in [7, 11) is 1.59. The summed E-state index contributed by atoms with van der Waals surface area (Å²) in [5.41, 5.74) is 4.10. The lowest BCUT2D eigenvalue weighted by Gasteiger charge is -2.32. The van der Waals surface area contributed by atoms with Crippen LogP contribution < -0.4 is 15.5 Å². The number of rotatable bonds is 13. The van der Waals surface area contributed by atoms with Crippen LogP contribution in [0.4, 0.5) is 0 Å². The molecule has 2 aromatic carbocycles. The van der Waals surface area contributed by atoms with Gasteiger partial charge in [-0.25, -0.2) is 5.48 Å². The zero-order valence-electron chi connectivity index (χ0n) is 20.5. The standard InChI is InChI=1S/C27H38N2O4/c1-6-7-13-22(18-28-33-19-20-11-9-8-10-12-20)26(31)29-25(27(2,3)4)24(30)21-14-16-23(32-5)17-15-21/h8-12,14-17,22,25,28H,6-7,13,18-19H2,1-5H3,(H,29,31)/t22-,25-/m1/s1. The Bertz CT molecular complexity index is 860. The number of Topliss-reactive ketones (excluding diaryl/α,β-unsaturated/α-hetero) is 1. The smallest absolute Gasteiger partial charge is 0.225 e. The van der Waals surface area contributed by atoms with Gasteiger partial charge in [-0.15, -0.1) is 0 Å². The van der Waals surface area contributed by atoms with E-state index in [1.54, 1.807) is 31.4 Å². The van der Waals surface area contributed by atoms with Gasteiger partial charge in [-0.3, -0.25) is 14.4 Å². The van der Waals surface area contributed by atoms with Crippen molar-refractivity contribution >= 4 is 11.7 Å². The fourth-order valence-corrected chi connectivity index (χ4v) is 3.50. The number of carbonyl (C=O) groups excluding carboxylic acids is 2. The van der Waals surface area contributed by atoms with Gasteiger partial charge in [0.1, 0.15) is 5.75 Å². The molecule has 2 rings (SSSR count). The summed E-state index contributed by atoms with van der Waals surface area (Å²) in [5, 5.41) is 3.04. The average molecular weight is 455 g/mol. The molecule has 2 aromatic rings. The minimum atomic E-state index is -0.646. The molecule has 0 aliphatic heterocycles. The number of unbranched alkanes of at least 4 members (excludes halogenated alkanes) is 1. The number of ether oxygens (including phenoxy) is 1. The molecule has 0 saturated carbocycles. The Morgan fingerprint density at radius 3 is 2.24 bits per heavy atom. The van der Waals surface area contributed by atoms with Crippen molar-refractivity contribution in [2.24, 2.45) is 11.3 Å². The number of hydrogen-bond donors (Lipinski definition) is 2. The number of nitrogens with one attached hydrogen (secondary N) is 2. The van der Waals surface area contributed by atoms with Crippen molar-refractivity contribution < 1.29 is 19.2 Å². The highest BCUT2D eigenvalue weighted by Crippen LogP contribution is 2.24. The molecule has 0 saturated heterocycles. The number of benzene rings is 2. The number of hydroxylamine groups is 1. The molecule has 0 radical (unpaired) electrons. The summed E-state index contributed by atoms with van der Waals surface area (Å²) in [6, 6.07) is 16.2. The molecule has 0 fully saturated rings. The van der Waals surface area contributed by atoms with Crippen molar-refractivity contribution in [2.45, 2.75) is 59.6 Å². The second kappa shape index (κ2) is 13.1. The van der Waals surface area contributed by atoms with E-state index in [1.807, 2.05) is 51.1 Å². The molecule has 0 spiro atoms. The molecule has 0 aromatic heterocycles. The van der Waals surface area contributed by atoms with Gasteiger partial charge in [-0.1, -0.05) is 70.9 Å². The zero-order valence-corrected chi connectivity index (χ0v) is 20.5. The summed E-state index contributed by atoms with van der Waals surface area (Å²) in [5.74, 6) is 0.139. The topological polar surface area (TPSA) is 76.7 Å². The van der Waals surface area contributed by atoms with Crippen LogP contribution in [-0.4, -0.2) is 31.4 Å². The van der Waals surface area contributed by atoms with E-state index in [9.17, 15) is 9.59 Å². The lowest BCUT2D eigenvalue weighted by Crippen LogP contribution is -2.51. The van der Waals surface area contributed by atoms with Crippen LogP contribution in [0.2, 0.25) is 0 Å². The lowest BCUT2D eigenvalue weighted by atomic mass is 9.81. The largest absolute Gasteiger partial charge is 0.497 e. The van der Waals surface area contributed by atoms with Gasteiger partial charge in [-0.2, -0.15) is 0 Å². The molecule has 0 bridgehead atoms. The third kappa shape index (κ3) is 8.63. The highest BCUT2D eigenvalue weighted by Gasteiger charge is 2.34. The van der Waals surface area contributed by atoms with Crippen LogP contribution in [0.15, 0.2) is 54.6 Å². The van der Waals surface area contributed by atoms with E-state index in [2.05, 4.69) is 17.7 Å². The van der Waals surface area contributed by atoms with Crippen molar-refractivity contribution in [1.29, 1.82) is 0 Å². The van der Waals surface area contributed by atoms with E-state index in [1.165, 1.54) is 0 Å². The normalized spacial score (nSPS) is 13.2. The highest BCUT2D eigenvalue weighted by atomic mass is 16.6. The van der Waals surface area contributed by atoms with Crippen molar-refractivity contribution in [1.82, 2.24) is 10.8 Å². The first-order valence-electron chi connectivity index (χ1n) is 11.6. The summed E-state index contributed by atoms with van der Waals surface area (Å²) in [6.07, 6.45) is 2.63. The van der Waals surface area contributed by atoms with Gasteiger partial charge in [0.15, 0.2) is 5.78 Å². The summed E-state index contributed by atoms with van der Waals surface area (Å²) in [6.45, 7) is 8.78. The molecule has 180 valence electrons. The predicted molar refractivity (Wildman–Crippen MR) is 131 cm³/mol. The van der Waals surface area contributed by atoms with Crippen LogP contribution in [0.3, 0.4) is 0 Å². The van der Waals surface area contributed by atoms with Crippen LogP contribution in [0, 0.1) is 11.3 Å². The van der Waals surface area contributed by atoms with Crippen molar-refractivity contribution in [3.63, 3.8) is 0 Å². The Hall–Kier alpha value is -2.70. The molecule has 6 heteroatoms. The Balaban J connectivity index is 2.04. The second-order valence-corrected chi connectivity index (χ2v) is 9.36. The number of amides is 1. The maximum absolute atomic E-state index is 13.3. The van der Waals surface area contributed by atoms with Gasteiger partial charge in [0.05, 0.1) is 25.7 Å². The van der Waals surface area contributed by atoms with Gasteiger partial charge >= 0.3 is 0 Å². The molecule has 0 unspecified atom stereocenters. The summed E-state index contributed by atoms with van der Waals surface area (Å²) >= 11 is 0. The number of carbonyl (C=O) groups is 2. The van der Waals surface area contributed by atoms with Crippen molar-refractivity contribution in [3.05, 3.63) is 65.7 Å². The third-order valence-corrected chi connectivity index (χ3v) is 5.58. The monoisotopic (exact) mass is 454 g/mol. The Morgan fingerprint density at radius 1 is 1.00 bits per heavy atom. The molecule has 0 aliphatic rings. The van der Waals surface area contributed by atoms with E-state index >= 15 is 0 Å². The minimum Gasteiger partial charge on any atom is -0.497 e. The molecule has 2 N–H and O–H groups in total. The van der Waals surface area contributed by atoms with E-state index in [0.717, 1.165) is 24.8 Å². The Labute approximate surface area is 198 Å². The molecule has 0 heterocycles. The van der Waals surface area contributed by atoms with Gasteiger partial charge in [-0.05, 0) is 41.7 Å². The Morgan fingerprint density at radius 2 is 1.67 bits per heavy atom. The van der Waals surface area contributed by atoms with Gasteiger partial charge < -0.3 is 10.1 Å². The highest BCUT2D eigenvalue weighted by molar-refractivity contribution is 6.02. The van der Waals surface area contributed by atoms with E-state index in [4.69, 9.17) is 9.57 Å². The maximum atomic E-state index is 13.3. The fourth-order valence-electron chi connectivity index (χ4n) is 3.50. The minimum absolute atomic E-state index is 0.110. The molecule has 0 aliphatic carbocycles. The van der Waals surface area contributed by atoms with Crippen LogP contribution in [0.5, 0.6) is 5.75 Å². The SMILES string of the molecule is CCCC[C@H](CNOCc1ccccc1)C(=O)N[C@H](C(=O)c1ccc(OC)cc1)C(C)(C)C. The van der Waals surface area contributed by atoms with E-state index in [0.29, 0.717) is 24.5 Å². The molecular formula is C27H38N2O4. The quantitative estimate of drug-likeness (QED) is 0.255. The second-order valence-electron chi connectivity index (χ2n) is 9.36. The first-order valence-corrected chi connectivity index (χ1v) is 11.6. The first-order chi connectivity index (χ1) is 15.8. The molecule has 2 atom stereocenters. The van der Waals surface area contributed by atoms with Gasteiger partial charge in [0.2, 0.25) is 5.91 Å². The Kier molecular flexibility index (Phi) is 10.6. The van der Waals surface area contributed by atoms with Crippen molar-refractivity contribution in [3.8, 4) is 5.75 Å². The van der Waals surface area contributed by atoms with Crippen LogP contribution in [0.1, 0.15) is 62.9 Å². The van der Waals surface area contributed by atoms with E-state index in [-0.39, 0.29) is 17.6 Å². The molecular weight excluding hydrogens is 416 g/mol. The molecule has 33 heavy (non-hydrogen) atoms. The first kappa shape index (κ1) is 26.6. The average Bonchev–Trinajstić information content (AvgIpc) is 2.81. The molecule has 1 amide bonds. The number of methoxy groups -OCH3 is 1. The summed E-state index contributed by atoms with van der Waals surface area (Å²) in [4.78, 5) is 32.1. The molecule has 6 nitrogen and oxygen atoms in total. The van der Waals surface area contributed by atoms with Crippen molar-refractivity contribution in [2.75, 3.05) is 13.7 Å². The fraction of sp³-hybridized carbons (Fsp3) is 0.481. The van der Waals surface area contributed by atoms with Crippen LogP contribution in [0.25, 0.3) is 0 Å². The lowest BCUT2D eigenvalue weighted by molar-refractivity contribution is -0.127. The predicted octanol–water partition coefficient (Wildman–Crippen LogP) is 4.94. The van der Waals surface area contributed by atoms with E-state index < -0.39 is 11.5 Å². The zero-order chi connectivity index (χ0) is 24.3. The van der Waals surface area contributed by atoms with Gasteiger partial charge in [0, 0.05) is 12.1 Å². The van der Waals surface area contributed by atoms with Gasteiger partial charge in [0.25, 0.3) is 0 Å². The number of ketones is 1. The number of hydrogen-bond acceptors (Lipinski definition) is 5. The third-order valence-electron chi connectivity index (χ3n) is 5.58. The van der Waals surface area contributed by atoms with Crippen LogP contribution >= 0.6 is 0 Å². The van der Waals surface area contributed by atoms with Crippen LogP contribution in [-0.2, 0) is 16.2 Å².